The molecule has 0 aromatic heterocycles. The number of ketones is 1. The van der Waals surface area contributed by atoms with Crippen LogP contribution in [0.3, 0.4) is 0 Å². The van der Waals surface area contributed by atoms with Gasteiger partial charge in [-0.15, -0.1) is 0 Å². The second-order valence-electron chi connectivity index (χ2n) is 10.2. The fourth-order valence-corrected chi connectivity index (χ4v) is 4.48. The quantitative estimate of drug-likeness (QED) is 0.173. The van der Waals surface area contributed by atoms with Crippen molar-refractivity contribution in [3.63, 3.8) is 0 Å². The highest BCUT2D eigenvalue weighted by Crippen LogP contribution is 2.29. The van der Waals surface area contributed by atoms with Gasteiger partial charge in [-0.2, -0.15) is 22.0 Å². The number of rotatable bonds is 16. The molecule has 2 aromatic rings. The van der Waals surface area contributed by atoms with Gasteiger partial charge < -0.3 is 30.2 Å². The van der Waals surface area contributed by atoms with Gasteiger partial charge in [0.1, 0.15) is 11.8 Å². The van der Waals surface area contributed by atoms with Gasteiger partial charge in [-0.25, -0.2) is 0 Å². The lowest BCUT2D eigenvalue weighted by Gasteiger charge is -2.27. The molecule has 0 heterocycles. The Hall–Kier alpha value is -3.85. The van der Waals surface area contributed by atoms with E-state index in [1.54, 1.807) is 6.07 Å². The van der Waals surface area contributed by atoms with E-state index in [4.69, 9.17) is 37.4 Å². The van der Waals surface area contributed by atoms with Crippen molar-refractivity contribution in [1.29, 1.82) is 0 Å². The Bertz CT molecular complexity index is 1390. The van der Waals surface area contributed by atoms with Crippen molar-refractivity contribution in [3.8, 4) is 17.2 Å². The van der Waals surface area contributed by atoms with Crippen LogP contribution in [0.25, 0.3) is 0 Å². The molecule has 2 aromatic carbocycles. The zero-order valence-corrected chi connectivity index (χ0v) is 26.5. The van der Waals surface area contributed by atoms with Crippen LogP contribution in [0.15, 0.2) is 36.4 Å². The van der Waals surface area contributed by atoms with Gasteiger partial charge in [0.25, 0.3) is 11.8 Å². The smallest absolute Gasteiger partial charge is 0.390 e. The van der Waals surface area contributed by atoms with Crippen molar-refractivity contribution < 1.29 is 55.3 Å². The average Bonchev–Trinajstić information content (AvgIpc) is 2.96. The summed E-state index contributed by atoms with van der Waals surface area (Å²) in [6, 6.07) is 5.30. The predicted molar refractivity (Wildman–Crippen MR) is 158 cm³/mol. The summed E-state index contributed by atoms with van der Waals surface area (Å²) < 4.78 is 82.6. The minimum atomic E-state index is -4.79. The van der Waals surface area contributed by atoms with Gasteiger partial charge in [0, 0.05) is 23.0 Å². The van der Waals surface area contributed by atoms with Crippen LogP contribution in [-0.4, -0.2) is 75.1 Å². The third kappa shape index (κ3) is 11.5. The van der Waals surface area contributed by atoms with Crippen LogP contribution in [0.2, 0.25) is 10.0 Å². The number of carbonyl (C=O) groups is 4. The molecule has 46 heavy (non-hydrogen) atoms. The highest BCUT2D eigenvalue weighted by molar-refractivity contribution is 6.34. The molecule has 0 radical (unpaired) electrons. The summed E-state index contributed by atoms with van der Waals surface area (Å²) >= 11 is 11.9. The Labute approximate surface area is 271 Å². The molecule has 0 spiro atoms. The van der Waals surface area contributed by atoms with Crippen molar-refractivity contribution >= 4 is 46.7 Å². The molecule has 0 fully saturated rings. The summed E-state index contributed by atoms with van der Waals surface area (Å²) in [6.07, 6.45) is -6.58. The van der Waals surface area contributed by atoms with Crippen LogP contribution >= 0.6 is 23.2 Å². The number of methoxy groups -OCH3 is 2. The molecule has 2 atom stereocenters. The summed E-state index contributed by atoms with van der Waals surface area (Å²) in [6.45, 7) is 0.778. The van der Waals surface area contributed by atoms with Gasteiger partial charge >= 0.3 is 12.1 Å². The molecule has 0 saturated carbocycles. The molecule has 0 aliphatic rings. The number of Topliss-reactive ketones (excluding diaryl/α,β-unsaturated/α-hetero) is 1. The van der Waals surface area contributed by atoms with Crippen LogP contribution in [0.5, 0.6) is 17.2 Å². The summed E-state index contributed by atoms with van der Waals surface area (Å²) in [4.78, 5) is 51.1. The van der Waals surface area contributed by atoms with Crippen molar-refractivity contribution in [1.82, 2.24) is 16.0 Å². The first-order valence-corrected chi connectivity index (χ1v) is 14.3. The molecule has 10 nitrogen and oxygen atoms in total. The van der Waals surface area contributed by atoms with E-state index >= 15 is 0 Å². The molecular formula is C29H32Cl2F5N3O7. The lowest BCUT2D eigenvalue weighted by molar-refractivity contribution is -0.162. The molecule has 254 valence electrons. The number of halogens is 7. The number of nitrogens with one attached hydrogen (secondary N) is 3. The van der Waals surface area contributed by atoms with Crippen LogP contribution in [-0.2, 0) is 25.6 Å². The van der Waals surface area contributed by atoms with Crippen molar-refractivity contribution in [3.05, 3.63) is 52.0 Å². The first-order chi connectivity index (χ1) is 21.4. The van der Waals surface area contributed by atoms with Gasteiger partial charge in [0.2, 0.25) is 11.7 Å². The largest absolute Gasteiger partial charge is 0.493 e. The van der Waals surface area contributed by atoms with Gasteiger partial charge in [-0.3, -0.25) is 19.2 Å². The van der Waals surface area contributed by atoms with Crippen LogP contribution in [0.4, 0.5) is 22.0 Å². The van der Waals surface area contributed by atoms with E-state index in [0.29, 0.717) is 11.3 Å². The third-order valence-corrected chi connectivity index (χ3v) is 6.72. The number of alkyl halides is 5. The summed E-state index contributed by atoms with van der Waals surface area (Å²) in [7, 11) is 2.77. The maximum atomic E-state index is 14.8. The topological polar surface area (TPSA) is 132 Å². The van der Waals surface area contributed by atoms with E-state index in [9.17, 15) is 41.1 Å². The van der Waals surface area contributed by atoms with E-state index in [-0.39, 0.29) is 28.0 Å². The second-order valence-corrected chi connectivity index (χ2v) is 11.1. The maximum absolute atomic E-state index is 14.8. The van der Waals surface area contributed by atoms with E-state index in [1.807, 2.05) is 0 Å². The van der Waals surface area contributed by atoms with Crippen molar-refractivity contribution in [2.45, 2.75) is 50.9 Å². The Balaban J connectivity index is 2.29. The zero-order valence-electron chi connectivity index (χ0n) is 25.0. The number of hydrogen-bond acceptors (Lipinski definition) is 7. The van der Waals surface area contributed by atoms with Crippen molar-refractivity contribution in [2.24, 2.45) is 5.92 Å². The minimum absolute atomic E-state index is 0.134. The molecule has 2 rings (SSSR count). The van der Waals surface area contributed by atoms with Gasteiger partial charge in [-0.1, -0.05) is 43.1 Å². The lowest BCUT2D eigenvalue weighted by Crippen LogP contribution is -2.59. The van der Waals surface area contributed by atoms with E-state index in [0.717, 1.165) is 0 Å². The molecule has 2 unspecified atom stereocenters. The molecule has 0 aliphatic heterocycles. The summed E-state index contributed by atoms with van der Waals surface area (Å²) in [5.74, 6) is -11.3. The standard InChI is InChI=1S/C29H32Cl2F5N3O7/c1-15(2)24(25(41)29(35,36)27(43)37-8-7-28(32,33)34)39-26(42)20(9-16-5-6-21(44-3)22(10-16)45-4)38-23(40)14-46-19-12-17(30)11-18(31)13-19/h5-6,10-13,15,20,24H,7-9,14H2,1-4H3,(H,37,43)(H,38,40)(H,39,42). The molecule has 0 aliphatic carbocycles. The lowest BCUT2D eigenvalue weighted by atomic mass is 9.94. The molecule has 17 heteroatoms. The van der Waals surface area contributed by atoms with Gasteiger partial charge in [0.15, 0.2) is 18.1 Å². The Morgan fingerprint density at radius 2 is 1.48 bits per heavy atom. The Morgan fingerprint density at radius 1 is 0.870 bits per heavy atom. The molecule has 0 saturated heterocycles. The number of benzene rings is 2. The van der Waals surface area contributed by atoms with E-state index in [2.05, 4.69) is 10.6 Å². The number of ether oxygens (including phenoxy) is 3. The fourth-order valence-electron chi connectivity index (χ4n) is 3.97. The molecule has 3 amide bonds. The second kappa shape index (κ2) is 16.6. The van der Waals surface area contributed by atoms with Crippen LogP contribution < -0.4 is 30.2 Å². The summed E-state index contributed by atoms with van der Waals surface area (Å²) in [5.41, 5.74) is 0.419. The monoisotopic (exact) mass is 699 g/mol. The number of amides is 3. The first kappa shape index (κ1) is 38.3. The SMILES string of the molecule is COc1ccc(CC(NC(=O)COc2cc(Cl)cc(Cl)c2)C(=O)NC(C(=O)C(F)(F)C(=O)NCCC(F)(F)F)C(C)C)cc1OC. The minimum Gasteiger partial charge on any atom is -0.493 e. The molecule has 3 N–H and O–H groups in total. The van der Waals surface area contributed by atoms with Crippen LogP contribution in [0, 0.1) is 5.92 Å². The number of carbonyl (C=O) groups excluding carboxylic acids is 4. The molecule has 0 bridgehead atoms. The maximum Gasteiger partial charge on any atom is 0.390 e. The van der Waals surface area contributed by atoms with Crippen molar-refractivity contribution in [2.75, 3.05) is 27.4 Å². The fraction of sp³-hybridized carbons (Fsp3) is 0.448. The third-order valence-electron chi connectivity index (χ3n) is 6.28. The Kier molecular flexibility index (Phi) is 13.9. The first-order valence-electron chi connectivity index (χ1n) is 13.5. The predicted octanol–water partition coefficient (Wildman–Crippen LogP) is 4.53. The van der Waals surface area contributed by atoms with Crippen LogP contribution in [0.1, 0.15) is 25.8 Å². The highest BCUT2D eigenvalue weighted by Gasteiger charge is 2.51. The highest BCUT2D eigenvalue weighted by atomic mass is 35.5. The Morgan fingerprint density at radius 3 is 2.02 bits per heavy atom. The zero-order chi connectivity index (χ0) is 34.8. The van der Waals surface area contributed by atoms with Gasteiger partial charge in [-0.05, 0) is 41.8 Å². The normalized spacial score (nSPS) is 13.0. The number of hydrogen-bond donors (Lipinski definition) is 3. The van der Waals surface area contributed by atoms with E-state index < -0.39 is 73.2 Å². The van der Waals surface area contributed by atoms with Gasteiger partial charge in [0.05, 0.1) is 26.7 Å². The van der Waals surface area contributed by atoms with E-state index in [1.165, 1.54) is 63.7 Å². The molecular weight excluding hydrogens is 668 g/mol. The average molecular weight is 700 g/mol. The summed E-state index contributed by atoms with van der Waals surface area (Å²) in [5, 5.41) is 6.41.